The molecule has 4 rings (SSSR count). The van der Waals surface area contributed by atoms with E-state index < -0.39 is 7.60 Å². The molecule has 0 aliphatic heterocycles. The summed E-state index contributed by atoms with van der Waals surface area (Å²) in [7, 11) is -3.12. The quantitative estimate of drug-likeness (QED) is 0.256. The van der Waals surface area contributed by atoms with Crippen molar-refractivity contribution in [1.29, 1.82) is 0 Å². The summed E-state index contributed by atoms with van der Waals surface area (Å²) in [5.41, 5.74) is 2.15. The lowest BCUT2D eigenvalue weighted by atomic mass is 9.93. The molecule has 0 saturated heterocycles. The largest absolute Gasteiger partial charge is 0.424 e. The molecule has 0 amide bonds. The Bertz CT molecular complexity index is 1180. The van der Waals surface area contributed by atoms with Crippen LogP contribution in [0, 0.1) is 0 Å². The van der Waals surface area contributed by atoms with E-state index in [1.807, 2.05) is 32.0 Å². The Morgan fingerprint density at radius 3 is 2.25 bits per heavy atom. The highest BCUT2D eigenvalue weighted by Crippen LogP contribution is 2.48. The third-order valence-electron chi connectivity index (χ3n) is 4.87. The van der Waals surface area contributed by atoms with E-state index in [0.717, 1.165) is 11.1 Å². The Kier molecular flexibility index (Phi) is 5.21. The minimum Gasteiger partial charge on any atom is -0.424 e. The second-order valence-corrected chi connectivity index (χ2v) is 8.95. The van der Waals surface area contributed by atoms with Gasteiger partial charge in [0, 0.05) is 0 Å². The van der Waals surface area contributed by atoms with E-state index >= 15 is 0 Å². The summed E-state index contributed by atoms with van der Waals surface area (Å²) < 4.78 is 23.9. The van der Waals surface area contributed by atoms with Crippen LogP contribution < -0.4 is 4.52 Å². The maximum Gasteiger partial charge on any atom is 0.378 e. The predicted molar refractivity (Wildman–Crippen MR) is 117 cm³/mol. The van der Waals surface area contributed by atoms with Crippen LogP contribution in [0.25, 0.3) is 32.7 Å². The van der Waals surface area contributed by atoms with E-state index in [0.29, 0.717) is 18.5 Å². The fourth-order valence-corrected chi connectivity index (χ4v) is 4.75. The number of hydrogen-bond donors (Lipinski definition) is 0. The Labute approximate surface area is 165 Å². The molecule has 0 aliphatic carbocycles. The fourth-order valence-electron chi connectivity index (χ4n) is 3.55. The summed E-state index contributed by atoms with van der Waals surface area (Å²) in [6.07, 6.45) is 0.337. The highest BCUT2D eigenvalue weighted by Gasteiger charge is 2.23. The monoisotopic (exact) mass is 390 g/mol. The van der Waals surface area contributed by atoms with Gasteiger partial charge in [0.25, 0.3) is 0 Å². The minimum absolute atomic E-state index is 0.337. The van der Waals surface area contributed by atoms with Crippen molar-refractivity contribution < 1.29 is 13.6 Å². The number of hydrogen-bond acceptors (Lipinski definition) is 3. The van der Waals surface area contributed by atoms with Crippen LogP contribution in [-0.2, 0) is 9.09 Å². The number of rotatable bonds is 6. The SMILES string of the molecule is CCOP(=O)(CC)Oc1cccc(-c2cc3ccccc3c3ccccc23)c1. The van der Waals surface area contributed by atoms with Gasteiger partial charge in [0.1, 0.15) is 5.75 Å². The molecule has 0 radical (unpaired) electrons. The van der Waals surface area contributed by atoms with Crippen LogP contribution in [0.5, 0.6) is 5.75 Å². The predicted octanol–water partition coefficient (Wildman–Crippen LogP) is 7.29. The third-order valence-corrected chi connectivity index (χ3v) is 6.79. The summed E-state index contributed by atoms with van der Waals surface area (Å²) >= 11 is 0. The van der Waals surface area contributed by atoms with Crippen molar-refractivity contribution in [3.8, 4) is 16.9 Å². The summed E-state index contributed by atoms with van der Waals surface area (Å²) in [6, 6.07) is 26.8. The van der Waals surface area contributed by atoms with Gasteiger partial charge in [-0.05, 0) is 57.8 Å². The van der Waals surface area contributed by atoms with E-state index in [1.54, 1.807) is 0 Å². The van der Waals surface area contributed by atoms with Crippen molar-refractivity contribution in [1.82, 2.24) is 0 Å². The van der Waals surface area contributed by atoms with Gasteiger partial charge >= 0.3 is 7.60 Å². The Hall–Kier alpha value is -2.61. The molecule has 0 spiro atoms. The summed E-state index contributed by atoms with van der Waals surface area (Å²) in [5, 5.41) is 4.83. The van der Waals surface area contributed by atoms with E-state index in [-0.39, 0.29) is 0 Å². The summed E-state index contributed by atoms with van der Waals surface area (Å²) in [5.74, 6) is 0.563. The average molecular weight is 390 g/mol. The molecule has 0 N–H and O–H groups in total. The zero-order valence-corrected chi connectivity index (χ0v) is 17.0. The number of benzene rings is 4. The van der Waals surface area contributed by atoms with Gasteiger partial charge in [0.15, 0.2) is 0 Å². The number of fused-ring (bicyclic) bond motifs is 3. The summed E-state index contributed by atoms with van der Waals surface area (Å²) in [4.78, 5) is 0. The smallest absolute Gasteiger partial charge is 0.378 e. The molecule has 142 valence electrons. The second kappa shape index (κ2) is 7.79. The Morgan fingerprint density at radius 2 is 1.50 bits per heavy atom. The lowest BCUT2D eigenvalue weighted by molar-refractivity contribution is 0.280. The van der Waals surface area contributed by atoms with E-state index in [2.05, 4.69) is 60.7 Å². The van der Waals surface area contributed by atoms with Crippen LogP contribution in [0.1, 0.15) is 13.8 Å². The van der Waals surface area contributed by atoms with Crippen LogP contribution in [0.15, 0.2) is 78.9 Å². The molecule has 0 aromatic heterocycles. The molecule has 1 atom stereocenters. The lowest BCUT2D eigenvalue weighted by Gasteiger charge is -2.18. The van der Waals surface area contributed by atoms with Gasteiger partial charge in [-0.2, -0.15) is 0 Å². The van der Waals surface area contributed by atoms with Crippen molar-refractivity contribution >= 4 is 29.1 Å². The molecule has 4 aromatic carbocycles. The zero-order valence-electron chi connectivity index (χ0n) is 16.1. The van der Waals surface area contributed by atoms with Crippen molar-refractivity contribution in [2.45, 2.75) is 13.8 Å². The van der Waals surface area contributed by atoms with Gasteiger partial charge in [0.05, 0.1) is 12.8 Å². The molecule has 4 aromatic rings. The lowest BCUT2D eigenvalue weighted by Crippen LogP contribution is -2.00. The molecule has 0 bridgehead atoms. The van der Waals surface area contributed by atoms with Gasteiger partial charge in [-0.1, -0.05) is 67.6 Å². The van der Waals surface area contributed by atoms with Crippen LogP contribution >= 0.6 is 7.60 Å². The summed E-state index contributed by atoms with van der Waals surface area (Å²) in [6.45, 7) is 4.00. The Morgan fingerprint density at radius 1 is 0.786 bits per heavy atom. The van der Waals surface area contributed by atoms with Crippen LogP contribution in [0.3, 0.4) is 0 Å². The molecule has 0 heterocycles. The third kappa shape index (κ3) is 3.56. The first kappa shape index (κ1) is 18.7. The molecule has 1 unspecified atom stereocenters. The minimum atomic E-state index is -3.12. The molecular formula is C24H23O3P. The molecule has 0 aliphatic rings. The Balaban J connectivity index is 1.85. The molecular weight excluding hydrogens is 367 g/mol. The van der Waals surface area contributed by atoms with Crippen LogP contribution in [0.4, 0.5) is 0 Å². The highest BCUT2D eigenvalue weighted by molar-refractivity contribution is 7.54. The van der Waals surface area contributed by atoms with Gasteiger partial charge in [-0.3, -0.25) is 0 Å². The maximum absolute atomic E-state index is 12.7. The topological polar surface area (TPSA) is 35.5 Å². The maximum atomic E-state index is 12.7. The molecule has 0 saturated carbocycles. The normalized spacial score (nSPS) is 13.5. The van der Waals surface area contributed by atoms with Gasteiger partial charge in [0.2, 0.25) is 0 Å². The first-order valence-electron chi connectivity index (χ1n) is 9.57. The highest BCUT2D eigenvalue weighted by atomic mass is 31.2. The van der Waals surface area contributed by atoms with E-state index in [1.165, 1.54) is 21.5 Å². The van der Waals surface area contributed by atoms with E-state index in [4.69, 9.17) is 9.05 Å². The van der Waals surface area contributed by atoms with Crippen LogP contribution in [-0.4, -0.2) is 12.8 Å². The van der Waals surface area contributed by atoms with Gasteiger partial charge < -0.3 is 9.05 Å². The molecule has 28 heavy (non-hydrogen) atoms. The first-order valence-corrected chi connectivity index (χ1v) is 11.3. The van der Waals surface area contributed by atoms with E-state index in [9.17, 15) is 4.57 Å². The first-order chi connectivity index (χ1) is 13.6. The van der Waals surface area contributed by atoms with Crippen molar-refractivity contribution in [2.24, 2.45) is 0 Å². The standard InChI is InChI=1S/C24H23O3P/c1-3-26-28(25,4-2)27-20-12-9-11-18(16-20)24-17-19-10-5-6-13-21(19)22-14-7-8-15-23(22)24/h5-17H,3-4H2,1-2H3. The van der Waals surface area contributed by atoms with Crippen molar-refractivity contribution in [3.63, 3.8) is 0 Å². The molecule has 3 nitrogen and oxygen atoms in total. The molecule has 0 fully saturated rings. The van der Waals surface area contributed by atoms with Crippen molar-refractivity contribution in [3.05, 3.63) is 78.9 Å². The second-order valence-electron chi connectivity index (χ2n) is 6.65. The molecule has 4 heteroatoms. The van der Waals surface area contributed by atoms with Gasteiger partial charge in [-0.15, -0.1) is 0 Å². The zero-order chi connectivity index (χ0) is 19.6. The van der Waals surface area contributed by atoms with Crippen molar-refractivity contribution in [2.75, 3.05) is 12.8 Å². The van der Waals surface area contributed by atoms with Gasteiger partial charge in [-0.25, -0.2) is 4.57 Å². The fraction of sp³-hybridized carbons (Fsp3) is 0.167. The van der Waals surface area contributed by atoms with Crippen LogP contribution in [0.2, 0.25) is 0 Å². The average Bonchev–Trinajstić information content (AvgIpc) is 2.73.